The van der Waals surface area contributed by atoms with Gasteiger partial charge in [0.15, 0.2) is 0 Å². The Hall–Kier alpha value is -0.820. The molecule has 1 nitrogen and oxygen atoms in total. The molecule has 0 saturated heterocycles. The molecule has 0 unspecified atom stereocenters. The Morgan fingerprint density at radius 2 is 1.37 bits per heavy atom. The van der Waals surface area contributed by atoms with Crippen LogP contribution in [-0.2, 0) is 12.0 Å². The van der Waals surface area contributed by atoms with Crippen molar-refractivity contribution in [3.05, 3.63) is 35.4 Å². The van der Waals surface area contributed by atoms with Crippen LogP contribution in [0.1, 0.15) is 65.0 Å². The van der Waals surface area contributed by atoms with E-state index in [1.165, 1.54) is 12.0 Å². The molecule has 0 bridgehead atoms. The molecule has 2 rings (SSSR count). The molecule has 1 aromatic carbocycles. The van der Waals surface area contributed by atoms with Crippen molar-refractivity contribution in [2.75, 3.05) is 0 Å². The van der Waals surface area contributed by atoms with Gasteiger partial charge in [0.2, 0.25) is 0 Å². The summed E-state index contributed by atoms with van der Waals surface area (Å²) in [6, 6.07) is 8.55. The molecule has 0 heterocycles. The molecule has 0 radical (unpaired) electrons. The molecule has 1 aliphatic carbocycles. The summed E-state index contributed by atoms with van der Waals surface area (Å²) < 4.78 is 0. The van der Waals surface area contributed by atoms with E-state index in [2.05, 4.69) is 58.9 Å². The minimum Gasteiger partial charge on any atom is -0.385 e. The molecule has 1 heteroatoms. The van der Waals surface area contributed by atoms with E-state index in [-0.39, 0.29) is 10.8 Å². The molecule has 106 valence electrons. The molecule has 19 heavy (non-hydrogen) atoms. The molecule has 1 aliphatic rings. The first-order valence-corrected chi connectivity index (χ1v) is 7.48. The molecule has 0 aromatic heterocycles. The zero-order chi connectivity index (χ0) is 14.3. The van der Waals surface area contributed by atoms with Crippen LogP contribution in [0, 0.1) is 10.8 Å². The van der Waals surface area contributed by atoms with Gasteiger partial charge in [0, 0.05) is 0 Å². The molecule has 1 aromatic rings. The topological polar surface area (TPSA) is 20.2 Å². The highest BCUT2D eigenvalue weighted by Gasteiger charge is 2.47. The normalized spacial score (nSPS) is 24.1. The summed E-state index contributed by atoms with van der Waals surface area (Å²) in [6.07, 6.45) is 3.94. The fourth-order valence-corrected chi connectivity index (χ4v) is 4.32. The smallest absolute Gasteiger partial charge is 0.0906 e. The van der Waals surface area contributed by atoms with Crippen LogP contribution in [0.15, 0.2) is 24.3 Å². The molecular formula is C18H28O. The summed E-state index contributed by atoms with van der Waals surface area (Å²) in [5.41, 5.74) is 2.14. The third-order valence-corrected chi connectivity index (χ3v) is 4.40. The maximum absolute atomic E-state index is 11.2. The van der Waals surface area contributed by atoms with Crippen molar-refractivity contribution >= 4 is 0 Å². The average molecular weight is 260 g/mol. The Kier molecular flexibility index (Phi) is 3.55. The van der Waals surface area contributed by atoms with E-state index in [1.54, 1.807) is 0 Å². The molecular weight excluding hydrogens is 232 g/mol. The molecule has 0 amide bonds. The summed E-state index contributed by atoms with van der Waals surface area (Å²) in [5.74, 6) is 0. The highest BCUT2D eigenvalue weighted by molar-refractivity contribution is 5.28. The molecule has 1 fully saturated rings. The van der Waals surface area contributed by atoms with Crippen molar-refractivity contribution in [3.63, 3.8) is 0 Å². The van der Waals surface area contributed by atoms with Crippen molar-refractivity contribution in [1.29, 1.82) is 0 Å². The van der Waals surface area contributed by atoms with Crippen molar-refractivity contribution < 1.29 is 5.11 Å². The first kappa shape index (κ1) is 14.6. The van der Waals surface area contributed by atoms with E-state index in [0.29, 0.717) is 0 Å². The van der Waals surface area contributed by atoms with Gasteiger partial charge in [-0.3, -0.25) is 0 Å². The maximum Gasteiger partial charge on any atom is 0.0906 e. The predicted octanol–water partition coefficient (Wildman–Crippen LogP) is 4.67. The zero-order valence-corrected chi connectivity index (χ0v) is 13.1. The third-order valence-electron chi connectivity index (χ3n) is 4.40. The van der Waals surface area contributed by atoms with Crippen LogP contribution in [0.4, 0.5) is 0 Å². The lowest BCUT2D eigenvalue weighted by Gasteiger charge is -2.49. The van der Waals surface area contributed by atoms with Crippen LogP contribution in [-0.4, -0.2) is 5.11 Å². The molecule has 0 aliphatic heterocycles. The van der Waals surface area contributed by atoms with Crippen molar-refractivity contribution in [3.8, 4) is 0 Å². The number of benzene rings is 1. The average Bonchev–Trinajstić information content (AvgIpc) is 2.24. The zero-order valence-electron chi connectivity index (χ0n) is 13.1. The number of aryl methyl sites for hydroxylation is 1. The van der Waals surface area contributed by atoms with Crippen LogP contribution in [0.3, 0.4) is 0 Å². The van der Waals surface area contributed by atoms with Gasteiger partial charge in [0.1, 0.15) is 0 Å². The highest BCUT2D eigenvalue weighted by Crippen LogP contribution is 2.53. The van der Waals surface area contributed by atoms with Gasteiger partial charge in [0.25, 0.3) is 0 Å². The Bertz CT molecular complexity index is 423. The van der Waals surface area contributed by atoms with Gasteiger partial charge in [-0.15, -0.1) is 0 Å². The third kappa shape index (κ3) is 3.20. The number of hydrogen-bond acceptors (Lipinski definition) is 1. The van der Waals surface area contributed by atoms with Gasteiger partial charge in [-0.1, -0.05) is 58.9 Å². The Morgan fingerprint density at radius 3 is 1.79 bits per heavy atom. The second-order valence-corrected chi connectivity index (χ2v) is 7.94. The van der Waals surface area contributed by atoms with Gasteiger partial charge >= 0.3 is 0 Å². The summed E-state index contributed by atoms with van der Waals surface area (Å²) in [5, 5.41) is 11.2. The molecule has 0 atom stereocenters. The van der Waals surface area contributed by atoms with Gasteiger partial charge in [-0.2, -0.15) is 0 Å². The number of aliphatic hydroxyl groups is 1. The predicted molar refractivity (Wildman–Crippen MR) is 81.1 cm³/mol. The second-order valence-electron chi connectivity index (χ2n) is 7.94. The molecule has 0 spiro atoms. The first-order chi connectivity index (χ1) is 8.66. The quantitative estimate of drug-likeness (QED) is 0.819. The summed E-state index contributed by atoms with van der Waals surface area (Å²) >= 11 is 0. The van der Waals surface area contributed by atoms with E-state index in [9.17, 15) is 5.11 Å². The molecule has 1 N–H and O–H groups in total. The van der Waals surface area contributed by atoms with Crippen molar-refractivity contribution in [2.45, 2.75) is 65.9 Å². The van der Waals surface area contributed by atoms with E-state index < -0.39 is 5.60 Å². The Labute approximate surface area is 118 Å². The molecule has 1 saturated carbocycles. The standard InChI is InChI=1S/C18H28O/c1-6-14-7-9-15(10-8-14)18(19)12-16(2,3)11-17(4,5)13-18/h7-10,19H,6,11-13H2,1-5H3. The lowest BCUT2D eigenvalue weighted by Crippen LogP contribution is -2.44. The van der Waals surface area contributed by atoms with Gasteiger partial charge in [0.05, 0.1) is 5.60 Å². The minimum absolute atomic E-state index is 0.194. The second kappa shape index (κ2) is 4.63. The van der Waals surface area contributed by atoms with Crippen LogP contribution >= 0.6 is 0 Å². The largest absolute Gasteiger partial charge is 0.385 e. The summed E-state index contributed by atoms with van der Waals surface area (Å²) in [7, 11) is 0. The van der Waals surface area contributed by atoms with Gasteiger partial charge < -0.3 is 5.11 Å². The van der Waals surface area contributed by atoms with Crippen molar-refractivity contribution in [2.24, 2.45) is 10.8 Å². The van der Waals surface area contributed by atoms with E-state index in [0.717, 1.165) is 24.8 Å². The van der Waals surface area contributed by atoms with Crippen LogP contribution in [0.2, 0.25) is 0 Å². The first-order valence-electron chi connectivity index (χ1n) is 7.48. The maximum atomic E-state index is 11.2. The summed E-state index contributed by atoms with van der Waals surface area (Å²) in [6.45, 7) is 11.3. The fourth-order valence-electron chi connectivity index (χ4n) is 4.32. The Morgan fingerprint density at radius 1 is 0.895 bits per heavy atom. The van der Waals surface area contributed by atoms with E-state index in [1.807, 2.05) is 0 Å². The van der Waals surface area contributed by atoms with Crippen molar-refractivity contribution in [1.82, 2.24) is 0 Å². The highest BCUT2D eigenvalue weighted by atomic mass is 16.3. The van der Waals surface area contributed by atoms with Gasteiger partial charge in [-0.25, -0.2) is 0 Å². The van der Waals surface area contributed by atoms with Crippen LogP contribution in [0.5, 0.6) is 0 Å². The lowest BCUT2D eigenvalue weighted by atomic mass is 9.58. The van der Waals surface area contributed by atoms with E-state index in [4.69, 9.17) is 0 Å². The minimum atomic E-state index is -0.669. The Balaban J connectivity index is 2.34. The lowest BCUT2D eigenvalue weighted by molar-refractivity contribution is -0.0912. The number of rotatable bonds is 2. The van der Waals surface area contributed by atoms with E-state index >= 15 is 0 Å². The number of hydrogen-bond donors (Lipinski definition) is 1. The van der Waals surface area contributed by atoms with Crippen LogP contribution < -0.4 is 0 Å². The SMILES string of the molecule is CCc1ccc(C2(O)CC(C)(C)CC(C)(C)C2)cc1. The monoisotopic (exact) mass is 260 g/mol. The van der Waals surface area contributed by atoms with Gasteiger partial charge in [-0.05, 0) is 47.6 Å². The van der Waals surface area contributed by atoms with Crippen LogP contribution in [0.25, 0.3) is 0 Å². The fraction of sp³-hybridized carbons (Fsp3) is 0.667. The summed E-state index contributed by atoms with van der Waals surface area (Å²) in [4.78, 5) is 0.